The number of benzene rings is 3. The first kappa shape index (κ1) is 24.9. The van der Waals surface area contributed by atoms with Crippen molar-refractivity contribution in [1.29, 1.82) is 0 Å². The Morgan fingerprint density at radius 2 is 1.61 bits per heavy atom. The summed E-state index contributed by atoms with van der Waals surface area (Å²) in [7, 11) is -0.460. The number of fused-ring (bicyclic) bond motifs is 1. The summed E-state index contributed by atoms with van der Waals surface area (Å²) >= 11 is 1.54. The van der Waals surface area contributed by atoms with Gasteiger partial charge in [-0.2, -0.15) is 10.6 Å². The number of rotatable bonds is 5. The van der Waals surface area contributed by atoms with Crippen LogP contribution in [0.5, 0.6) is 5.75 Å². The first-order chi connectivity index (χ1) is 17.1. The van der Waals surface area contributed by atoms with Gasteiger partial charge in [0.1, 0.15) is 5.75 Å². The maximum atomic E-state index is 12.4. The average Bonchev–Trinajstić information content (AvgIpc) is 3.14. The minimum atomic E-state index is -4.70. The minimum Gasteiger partial charge on any atom is -0.406 e. The first-order valence-electron chi connectivity index (χ1n) is 11.3. The zero-order valence-corrected chi connectivity index (χ0v) is 21.1. The number of anilines is 3. The van der Waals surface area contributed by atoms with Crippen LogP contribution in [0, 0.1) is 0 Å². The number of ether oxygens (including phenoxy) is 1. The summed E-state index contributed by atoms with van der Waals surface area (Å²) in [4.78, 5) is 2.18. The van der Waals surface area contributed by atoms with Gasteiger partial charge in [0.15, 0.2) is 0 Å². The molecule has 192 valence electrons. The summed E-state index contributed by atoms with van der Waals surface area (Å²) in [6.07, 6.45) is -4.70. The van der Waals surface area contributed by atoms with Gasteiger partial charge in [0.2, 0.25) is 0 Å². The molecule has 2 aliphatic rings. The summed E-state index contributed by atoms with van der Waals surface area (Å²) in [5.41, 5.74) is 6.15. The Morgan fingerprint density at radius 3 is 2.31 bits per heavy atom. The molecule has 2 heterocycles. The molecule has 0 bridgehead atoms. The van der Waals surface area contributed by atoms with Gasteiger partial charge in [-0.1, -0.05) is 30.3 Å². The SMILES string of the molecule is CN1SN(Cc2ccc(OC(F)(F)F)cc2)c2ccc(-c3cccc(N4CCS(O)(O)CC4)c3)cc21. The molecule has 0 unspecified atom stereocenters. The molecule has 3 aromatic rings. The van der Waals surface area contributed by atoms with Crippen LogP contribution >= 0.6 is 22.7 Å². The fourth-order valence-electron chi connectivity index (χ4n) is 4.35. The molecule has 0 aliphatic carbocycles. The van der Waals surface area contributed by atoms with Gasteiger partial charge < -0.3 is 9.64 Å². The molecule has 0 spiro atoms. The second kappa shape index (κ2) is 9.62. The van der Waals surface area contributed by atoms with Crippen LogP contribution in [0.4, 0.5) is 30.2 Å². The summed E-state index contributed by atoms with van der Waals surface area (Å²) < 4.78 is 65.2. The number of hydrogen-bond donors (Lipinski definition) is 2. The molecule has 0 amide bonds. The summed E-state index contributed by atoms with van der Waals surface area (Å²) in [6.45, 7) is 1.76. The Kier molecular flexibility index (Phi) is 6.67. The predicted molar refractivity (Wildman–Crippen MR) is 142 cm³/mol. The van der Waals surface area contributed by atoms with E-state index in [9.17, 15) is 22.3 Å². The highest BCUT2D eigenvalue weighted by atomic mass is 32.3. The van der Waals surface area contributed by atoms with E-state index in [2.05, 4.69) is 48.6 Å². The lowest BCUT2D eigenvalue weighted by atomic mass is 10.0. The summed E-state index contributed by atoms with van der Waals surface area (Å²) in [5, 5.41) is 0. The molecule has 0 saturated carbocycles. The van der Waals surface area contributed by atoms with Crippen LogP contribution in [-0.2, 0) is 6.54 Å². The average molecular weight is 538 g/mol. The van der Waals surface area contributed by atoms with Crippen molar-refractivity contribution >= 4 is 39.8 Å². The van der Waals surface area contributed by atoms with E-state index < -0.39 is 17.0 Å². The van der Waals surface area contributed by atoms with Crippen LogP contribution in [0.15, 0.2) is 66.7 Å². The number of halogens is 3. The van der Waals surface area contributed by atoms with Crippen molar-refractivity contribution in [3.05, 3.63) is 72.3 Å². The standard InChI is InChI=1S/C25H26F3N3O3S2/c1-29-24-16-20(19-3-2-4-21(15-19)30-11-13-36(32,33)14-12-30)7-10-23(24)31(35-29)17-18-5-8-22(9-6-18)34-25(26,27)28/h2-10,15-16,32-33H,11-14,17H2,1H3. The van der Waals surface area contributed by atoms with Crippen molar-refractivity contribution in [2.24, 2.45) is 0 Å². The number of alkyl halides is 3. The highest BCUT2D eigenvalue weighted by Gasteiger charge is 2.31. The second-order valence-electron chi connectivity index (χ2n) is 8.76. The molecule has 11 heteroatoms. The van der Waals surface area contributed by atoms with Crippen molar-refractivity contribution in [2.75, 3.05) is 45.2 Å². The molecule has 2 aliphatic heterocycles. The molecule has 1 saturated heterocycles. The smallest absolute Gasteiger partial charge is 0.406 e. The molecule has 5 rings (SSSR count). The normalized spacial score (nSPS) is 18.2. The van der Waals surface area contributed by atoms with Crippen LogP contribution in [-0.4, -0.2) is 47.1 Å². The molecule has 6 nitrogen and oxygen atoms in total. The predicted octanol–water partition coefficient (Wildman–Crippen LogP) is 6.84. The third-order valence-electron chi connectivity index (χ3n) is 6.21. The molecule has 2 N–H and O–H groups in total. The van der Waals surface area contributed by atoms with Gasteiger partial charge in [0.05, 0.1) is 41.6 Å². The van der Waals surface area contributed by atoms with E-state index in [4.69, 9.17) is 0 Å². The monoisotopic (exact) mass is 537 g/mol. The van der Waals surface area contributed by atoms with E-state index >= 15 is 0 Å². The molecule has 0 atom stereocenters. The van der Waals surface area contributed by atoms with Crippen LogP contribution < -0.4 is 18.2 Å². The zero-order chi connectivity index (χ0) is 25.5. The first-order valence-corrected chi connectivity index (χ1v) is 13.9. The molecular weight excluding hydrogens is 511 g/mol. The minimum absolute atomic E-state index is 0.234. The van der Waals surface area contributed by atoms with Gasteiger partial charge in [-0.05, 0) is 53.1 Å². The number of nitrogens with zero attached hydrogens (tertiary/aromatic N) is 3. The van der Waals surface area contributed by atoms with Gasteiger partial charge in [-0.25, -0.2) is 0 Å². The van der Waals surface area contributed by atoms with Crippen LogP contribution in [0.2, 0.25) is 0 Å². The lowest BCUT2D eigenvalue weighted by molar-refractivity contribution is -0.274. The van der Waals surface area contributed by atoms with Crippen molar-refractivity contribution in [3.63, 3.8) is 0 Å². The van der Waals surface area contributed by atoms with Crippen LogP contribution in [0.3, 0.4) is 0 Å². The van der Waals surface area contributed by atoms with Crippen molar-refractivity contribution in [1.82, 2.24) is 0 Å². The molecule has 3 aromatic carbocycles. The maximum Gasteiger partial charge on any atom is 0.573 e. The van der Waals surface area contributed by atoms with Crippen LogP contribution in [0.1, 0.15) is 5.56 Å². The Morgan fingerprint density at radius 1 is 0.917 bits per heavy atom. The van der Waals surface area contributed by atoms with Gasteiger partial charge in [0.25, 0.3) is 0 Å². The highest BCUT2D eigenvalue weighted by Crippen LogP contribution is 2.46. The maximum absolute atomic E-state index is 12.4. The molecule has 36 heavy (non-hydrogen) atoms. The largest absolute Gasteiger partial charge is 0.573 e. The Hall–Kier alpha value is -2.73. The van der Waals surface area contributed by atoms with Gasteiger partial charge in [-0.15, -0.1) is 13.2 Å². The van der Waals surface area contributed by atoms with Gasteiger partial charge in [0, 0.05) is 25.8 Å². The van der Waals surface area contributed by atoms with E-state index in [0.29, 0.717) is 31.1 Å². The molecule has 0 radical (unpaired) electrons. The van der Waals surface area contributed by atoms with Crippen LogP contribution in [0.25, 0.3) is 11.1 Å². The van der Waals surface area contributed by atoms with Crippen molar-refractivity contribution in [2.45, 2.75) is 12.9 Å². The third kappa shape index (κ3) is 5.64. The third-order valence-corrected chi connectivity index (χ3v) is 8.85. The molecular formula is C25H26F3N3O3S2. The van der Waals surface area contributed by atoms with Gasteiger partial charge >= 0.3 is 6.36 Å². The lowest BCUT2D eigenvalue weighted by Gasteiger charge is -2.42. The van der Waals surface area contributed by atoms with Crippen molar-refractivity contribution < 1.29 is 27.0 Å². The Balaban J connectivity index is 1.32. The zero-order valence-electron chi connectivity index (χ0n) is 19.5. The molecule has 0 aromatic heterocycles. The van der Waals surface area contributed by atoms with E-state index in [0.717, 1.165) is 33.8 Å². The Bertz CT molecular complexity index is 1230. The van der Waals surface area contributed by atoms with E-state index in [1.54, 1.807) is 12.1 Å². The summed E-state index contributed by atoms with van der Waals surface area (Å²) in [6, 6.07) is 20.4. The van der Waals surface area contributed by atoms with E-state index in [1.807, 2.05) is 19.2 Å². The van der Waals surface area contributed by atoms with E-state index in [-0.39, 0.29) is 5.75 Å². The molecule has 1 fully saturated rings. The topological polar surface area (TPSA) is 59.4 Å². The summed E-state index contributed by atoms with van der Waals surface area (Å²) in [5.74, 6) is 0.556. The number of hydrogen-bond acceptors (Lipinski definition) is 7. The van der Waals surface area contributed by atoms with Gasteiger partial charge in [-0.3, -0.25) is 17.7 Å². The fourth-order valence-corrected chi connectivity index (χ4v) is 6.55. The van der Waals surface area contributed by atoms with E-state index in [1.165, 1.54) is 24.3 Å². The van der Waals surface area contributed by atoms with Crippen molar-refractivity contribution in [3.8, 4) is 16.9 Å². The Labute approximate surface area is 213 Å². The quantitative estimate of drug-likeness (QED) is 0.346. The fraction of sp³-hybridized carbons (Fsp3) is 0.280. The lowest BCUT2D eigenvalue weighted by Crippen LogP contribution is -2.38. The second-order valence-corrected chi connectivity index (χ2v) is 12.3. The highest BCUT2D eigenvalue weighted by molar-refractivity contribution is 8.24.